The molecule has 0 amide bonds. The Bertz CT molecular complexity index is 1000. The van der Waals surface area contributed by atoms with Crippen LogP contribution in [0.2, 0.25) is 0 Å². The maximum Gasteiger partial charge on any atom is 0.162 e. The molecule has 158 valence electrons. The second-order valence-corrected chi connectivity index (χ2v) is 7.45. The van der Waals surface area contributed by atoms with Crippen LogP contribution in [0.25, 0.3) is 23.1 Å². The number of benzene rings is 2. The van der Waals surface area contributed by atoms with Gasteiger partial charge in [0.25, 0.3) is 0 Å². The molecule has 0 N–H and O–H groups in total. The average molecular weight is 407 g/mol. The van der Waals surface area contributed by atoms with Gasteiger partial charge in [0.1, 0.15) is 5.82 Å². The van der Waals surface area contributed by atoms with Gasteiger partial charge in [0.05, 0.1) is 19.7 Å². The Hall–Kier alpha value is -3.12. The topological polar surface area (TPSA) is 50.7 Å². The molecule has 3 aromatic rings. The van der Waals surface area contributed by atoms with Crippen molar-refractivity contribution in [1.82, 2.24) is 14.9 Å². The number of nitrogens with zero attached hydrogens (tertiary/aromatic N) is 4. The average Bonchev–Trinajstić information content (AvgIpc) is 2.76. The van der Waals surface area contributed by atoms with E-state index >= 15 is 0 Å². The van der Waals surface area contributed by atoms with Gasteiger partial charge < -0.3 is 19.3 Å². The van der Waals surface area contributed by atoms with E-state index in [1.807, 2.05) is 42.5 Å². The summed E-state index contributed by atoms with van der Waals surface area (Å²) >= 11 is 0. The van der Waals surface area contributed by atoms with Crippen molar-refractivity contribution < 1.29 is 9.47 Å². The highest BCUT2D eigenvalue weighted by molar-refractivity contribution is 5.93. The van der Waals surface area contributed by atoms with Gasteiger partial charge in [-0.25, -0.2) is 9.97 Å². The SMILES string of the molecule is COc1cc2nc(C=Cc3ccccc3)nc(N(C)CCCN(C)C)c2cc1OC. The van der Waals surface area contributed by atoms with Crippen molar-refractivity contribution in [2.24, 2.45) is 0 Å². The Morgan fingerprint density at radius 3 is 2.23 bits per heavy atom. The van der Waals surface area contributed by atoms with Crippen LogP contribution in [0.15, 0.2) is 42.5 Å². The number of hydrogen-bond acceptors (Lipinski definition) is 6. The fourth-order valence-corrected chi connectivity index (χ4v) is 3.29. The summed E-state index contributed by atoms with van der Waals surface area (Å²) in [6, 6.07) is 14.0. The normalized spacial score (nSPS) is 11.4. The lowest BCUT2D eigenvalue weighted by atomic mass is 10.1. The molecule has 1 aromatic heterocycles. The summed E-state index contributed by atoms with van der Waals surface area (Å²) in [5.74, 6) is 2.87. The number of fused-ring (bicyclic) bond motifs is 1. The highest BCUT2D eigenvalue weighted by Gasteiger charge is 2.15. The van der Waals surface area contributed by atoms with Crippen molar-refractivity contribution in [3.8, 4) is 11.5 Å². The third-order valence-electron chi connectivity index (χ3n) is 4.88. The zero-order valence-corrected chi connectivity index (χ0v) is 18.4. The second kappa shape index (κ2) is 10.1. The van der Waals surface area contributed by atoms with Gasteiger partial charge >= 0.3 is 0 Å². The minimum Gasteiger partial charge on any atom is -0.493 e. The second-order valence-electron chi connectivity index (χ2n) is 7.45. The number of ether oxygens (including phenoxy) is 2. The summed E-state index contributed by atoms with van der Waals surface area (Å²) in [7, 11) is 9.52. The minimum atomic E-state index is 0.655. The molecule has 0 unspecified atom stereocenters. The maximum atomic E-state index is 5.51. The standard InChI is InChI=1S/C24H30N4O2/c1-27(2)14-9-15-28(3)24-19-16-21(29-4)22(30-5)17-20(19)25-23(26-24)13-12-18-10-7-6-8-11-18/h6-8,10-13,16-17H,9,14-15H2,1-5H3. The Balaban J connectivity index is 2.03. The van der Waals surface area contributed by atoms with E-state index in [2.05, 4.69) is 43.1 Å². The summed E-state index contributed by atoms with van der Waals surface area (Å²) in [4.78, 5) is 14.0. The van der Waals surface area contributed by atoms with Crippen LogP contribution in [0.1, 0.15) is 17.8 Å². The zero-order valence-electron chi connectivity index (χ0n) is 18.4. The van der Waals surface area contributed by atoms with Crippen molar-refractivity contribution in [1.29, 1.82) is 0 Å². The summed E-state index contributed by atoms with van der Waals surface area (Å²) in [5, 5.41) is 0.942. The van der Waals surface area contributed by atoms with Gasteiger partial charge in [-0.1, -0.05) is 36.4 Å². The van der Waals surface area contributed by atoms with Crippen molar-refractivity contribution in [3.63, 3.8) is 0 Å². The Morgan fingerprint density at radius 2 is 1.57 bits per heavy atom. The molecule has 6 heteroatoms. The highest BCUT2D eigenvalue weighted by Crippen LogP contribution is 2.35. The van der Waals surface area contributed by atoms with Crippen LogP contribution >= 0.6 is 0 Å². The van der Waals surface area contributed by atoms with E-state index in [0.29, 0.717) is 17.3 Å². The molecule has 0 saturated heterocycles. The number of rotatable bonds is 9. The molecule has 0 aliphatic rings. The van der Waals surface area contributed by atoms with Crippen LogP contribution in [-0.2, 0) is 0 Å². The first-order valence-electron chi connectivity index (χ1n) is 10.0. The van der Waals surface area contributed by atoms with Gasteiger partial charge in [0, 0.05) is 25.0 Å². The van der Waals surface area contributed by atoms with Gasteiger partial charge in [-0.3, -0.25) is 0 Å². The van der Waals surface area contributed by atoms with Crippen molar-refractivity contribution >= 4 is 28.9 Å². The molecule has 0 atom stereocenters. The summed E-state index contributed by atoms with van der Waals surface area (Å²) in [6.45, 7) is 1.91. The number of methoxy groups -OCH3 is 2. The number of aromatic nitrogens is 2. The fourth-order valence-electron chi connectivity index (χ4n) is 3.29. The Morgan fingerprint density at radius 1 is 0.867 bits per heavy atom. The van der Waals surface area contributed by atoms with Gasteiger partial charge in [-0.05, 0) is 44.8 Å². The predicted octanol–water partition coefficient (Wildman–Crippen LogP) is 4.21. The van der Waals surface area contributed by atoms with Crippen LogP contribution in [-0.4, -0.2) is 63.3 Å². The molecule has 0 bridgehead atoms. The van der Waals surface area contributed by atoms with E-state index in [9.17, 15) is 0 Å². The maximum absolute atomic E-state index is 5.51. The molecule has 0 saturated carbocycles. The van der Waals surface area contributed by atoms with E-state index in [-0.39, 0.29) is 0 Å². The number of anilines is 1. The lowest BCUT2D eigenvalue weighted by molar-refractivity contribution is 0.356. The molecule has 0 radical (unpaired) electrons. The highest BCUT2D eigenvalue weighted by atomic mass is 16.5. The van der Waals surface area contributed by atoms with Crippen molar-refractivity contribution in [2.75, 3.05) is 53.4 Å². The van der Waals surface area contributed by atoms with Crippen LogP contribution in [0.4, 0.5) is 5.82 Å². The largest absolute Gasteiger partial charge is 0.493 e. The van der Waals surface area contributed by atoms with Gasteiger partial charge in [-0.2, -0.15) is 0 Å². The van der Waals surface area contributed by atoms with E-state index in [1.54, 1.807) is 14.2 Å². The van der Waals surface area contributed by atoms with E-state index < -0.39 is 0 Å². The minimum absolute atomic E-state index is 0.655. The van der Waals surface area contributed by atoms with E-state index in [4.69, 9.17) is 19.4 Å². The molecule has 2 aromatic carbocycles. The molecule has 3 rings (SSSR count). The lowest BCUT2D eigenvalue weighted by Gasteiger charge is -2.22. The van der Waals surface area contributed by atoms with E-state index in [0.717, 1.165) is 41.8 Å². The molecule has 6 nitrogen and oxygen atoms in total. The molecular weight excluding hydrogens is 376 g/mol. The molecule has 30 heavy (non-hydrogen) atoms. The first-order valence-corrected chi connectivity index (χ1v) is 10.0. The molecule has 0 aliphatic carbocycles. The first kappa shape index (κ1) is 21.6. The zero-order chi connectivity index (χ0) is 21.5. The van der Waals surface area contributed by atoms with Crippen molar-refractivity contribution in [2.45, 2.75) is 6.42 Å². The van der Waals surface area contributed by atoms with Crippen LogP contribution in [0.5, 0.6) is 11.5 Å². The monoisotopic (exact) mass is 406 g/mol. The third kappa shape index (κ3) is 5.27. The van der Waals surface area contributed by atoms with E-state index in [1.165, 1.54) is 0 Å². The van der Waals surface area contributed by atoms with Crippen LogP contribution < -0.4 is 14.4 Å². The fraction of sp³-hybridized carbons (Fsp3) is 0.333. The van der Waals surface area contributed by atoms with Gasteiger partial charge in [-0.15, -0.1) is 0 Å². The Labute approximate surface area is 178 Å². The van der Waals surface area contributed by atoms with Crippen LogP contribution in [0, 0.1) is 0 Å². The summed E-state index contributed by atoms with van der Waals surface area (Å²) in [6.07, 6.45) is 5.01. The predicted molar refractivity (Wildman–Crippen MR) is 124 cm³/mol. The molecule has 0 aliphatic heterocycles. The van der Waals surface area contributed by atoms with Gasteiger partial charge in [0.2, 0.25) is 0 Å². The Kier molecular flexibility index (Phi) is 7.25. The lowest BCUT2D eigenvalue weighted by Crippen LogP contribution is -2.24. The smallest absolute Gasteiger partial charge is 0.162 e. The molecule has 0 spiro atoms. The molecule has 0 fully saturated rings. The third-order valence-corrected chi connectivity index (χ3v) is 4.88. The molecular formula is C24H30N4O2. The van der Waals surface area contributed by atoms with Crippen LogP contribution in [0.3, 0.4) is 0 Å². The van der Waals surface area contributed by atoms with Crippen molar-refractivity contribution in [3.05, 3.63) is 53.9 Å². The summed E-state index contributed by atoms with van der Waals surface area (Å²) in [5.41, 5.74) is 1.93. The quantitative estimate of drug-likeness (QED) is 0.531. The summed E-state index contributed by atoms with van der Waals surface area (Å²) < 4.78 is 11.0. The first-order chi connectivity index (χ1) is 14.5. The number of hydrogen-bond donors (Lipinski definition) is 0. The van der Waals surface area contributed by atoms with Gasteiger partial charge in [0.15, 0.2) is 17.3 Å². The molecule has 1 heterocycles.